The molecule has 0 radical (unpaired) electrons. The molecule has 0 aliphatic carbocycles. The van der Waals surface area contributed by atoms with Crippen LogP contribution in [0.5, 0.6) is 5.75 Å². The molecule has 1 N–H and O–H groups in total. The second-order valence-electron chi connectivity index (χ2n) is 5.08. The van der Waals surface area contributed by atoms with Crippen molar-refractivity contribution < 1.29 is 9.94 Å². The number of oxime groups is 1. The van der Waals surface area contributed by atoms with Gasteiger partial charge in [0, 0.05) is 12.6 Å². The number of aromatic nitrogens is 2. The minimum absolute atomic E-state index is 0.429. The third-order valence-electron chi connectivity index (χ3n) is 3.44. The van der Waals surface area contributed by atoms with Crippen LogP contribution in [0, 0.1) is 6.92 Å². The van der Waals surface area contributed by atoms with E-state index in [0.717, 1.165) is 28.9 Å². The molecule has 0 amide bonds. The maximum atomic E-state index is 8.99. The smallest absolute Gasteiger partial charge is 0.130 e. The molecule has 1 aromatic heterocycles. The number of ether oxygens (including phenoxy) is 1. The predicted molar refractivity (Wildman–Crippen MR) is 82.1 cm³/mol. The number of nitrogens with zero attached hydrogens (tertiary/aromatic N) is 3. The van der Waals surface area contributed by atoms with Gasteiger partial charge in [0.15, 0.2) is 0 Å². The van der Waals surface area contributed by atoms with E-state index < -0.39 is 0 Å². The normalized spacial score (nSPS) is 11.7. The van der Waals surface area contributed by atoms with E-state index >= 15 is 0 Å². The minimum Gasteiger partial charge on any atom is -0.487 e. The van der Waals surface area contributed by atoms with Gasteiger partial charge >= 0.3 is 0 Å². The van der Waals surface area contributed by atoms with Crippen LogP contribution in [0.15, 0.2) is 29.4 Å². The fraction of sp³-hybridized carbons (Fsp3) is 0.375. The molecule has 0 atom stereocenters. The van der Waals surface area contributed by atoms with Gasteiger partial charge in [-0.3, -0.25) is 4.68 Å². The van der Waals surface area contributed by atoms with E-state index in [9.17, 15) is 0 Å². The van der Waals surface area contributed by atoms with Gasteiger partial charge in [-0.15, -0.1) is 0 Å². The van der Waals surface area contributed by atoms with Crippen molar-refractivity contribution in [2.75, 3.05) is 0 Å². The molecule has 0 aliphatic rings. The average molecular weight is 287 g/mol. The Morgan fingerprint density at radius 3 is 2.76 bits per heavy atom. The van der Waals surface area contributed by atoms with Gasteiger partial charge in [-0.05, 0) is 38.5 Å². The van der Waals surface area contributed by atoms with E-state index in [1.54, 1.807) is 6.92 Å². The fourth-order valence-electron chi connectivity index (χ4n) is 2.14. The summed E-state index contributed by atoms with van der Waals surface area (Å²) in [6.45, 7) is 6.25. The number of hydrogen-bond acceptors (Lipinski definition) is 4. The highest BCUT2D eigenvalue weighted by Crippen LogP contribution is 2.22. The number of rotatable bonds is 5. The highest BCUT2D eigenvalue weighted by molar-refractivity contribution is 6.00. The van der Waals surface area contributed by atoms with Crippen LogP contribution in [-0.2, 0) is 20.1 Å². The first-order valence-corrected chi connectivity index (χ1v) is 6.99. The van der Waals surface area contributed by atoms with E-state index in [1.165, 1.54) is 0 Å². The van der Waals surface area contributed by atoms with E-state index in [2.05, 4.69) is 17.2 Å². The first kappa shape index (κ1) is 15.1. The Morgan fingerprint density at radius 2 is 2.14 bits per heavy atom. The van der Waals surface area contributed by atoms with Gasteiger partial charge in [-0.1, -0.05) is 23.7 Å². The topological polar surface area (TPSA) is 59.6 Å². The molecular formula is C16H21N3O2. The molecule has 0 unspecified atom stereocenters. The summed E-state index contributed by atoms with van der Waals surface area (Å²) < 4.78 is 7.72. The van der Waals surface area contributed by atoms with Gasteiger partial charge in [0.25, 0.3) is 0 Å². The molecular weight excluding hydrogens is 266 g/mol. The van der Waals surface area contributed by atoms with Crippen molar-refractivity contribution in [1.82, 2.24) is 9.78 Å². The van der Waals surface area contributed by atoms with Crippen LogP contribution >= 0.6 is 0 Å². The summed E-state index contributed by atoms with van der Waals surface area (Å²) in [6.07, 6.45) is 0.903. The number of hydrogen-bond donors (Lipinski definition) is 1. The molecule has 112 valence electrons. The monoisotopic (exact) mass is 287 g/mol. The van der Waals surface area contributed by atoms with Gasteiger partial charge in [0.1, 0.15) is 12.4 Å². The number of benzene rings is 1. The molecule has 0 fully saturated rings. The van der Waals surface area contributed by atoms with Crippen molar-refractivity contribution in [3.63, 3.8) is 0 Å². The Bertz CT molecular complexity index is 660. The summed E-state index contributed by atoms with van der Waals surface area (Å²) in [6, 6.07) is 7.87. The summed E-state index contributed by atoms with van der Waals surface area (Å²) in [7, 11) is 1.91. The van der Waals surface area contributed by atoms with Gasteiger partial charge in [-0.25, -0.2) is 0 Å². The molecule has 1 aromatic carbocycles. The second kappa shape index (κ2) is 6.43. The molecule has 0 aliphatic heterocycles. The zero-order valence-corrected chi connectivity index (χ0v) is 12.9. The summed E-state index contributed by atoms with van der Waals surface area (Å²) in [5.41, 5.74) is 4.49. The van der Waals surface area contributed by atoms with Crippen LogP contribution in [0.25, 0.3) is 0 Å². The fourth-order valence-corrected chi connectivity index (χ4v) is 2.14. The maximum absolute atomic E-state index is 8.99. The standard InChI is InChI=1S/C16H21N3O2/c1-5-13-9-14(19(4)17-13)10-21-16-7-6-11(2)8-15(16)12(3)18-20/h6-9,20H,5,10H2,1-4H3. The lowest BCUT2D eigenvalue weighted by Gasteiger charge is -2.11. The molecule has 0 saturated carbocycles. The molecule has 5 nitrogen and oxygen atoms in total. The second-order valence-corrected chi connectivity index (χ2v) is 5.08. The van der Waals surface area contributed by atoms with Crippen molar-refractivity contribution in [2.45, 2.75) is 33.8 Å². The van der Waals surface area contributed by atoms with Crippen LogP contribution in [0.1, 0.15) is 36.4 Å². The third-order valence-corrected chi connectivity index (χ3v) is 3.44. The molecule has 0 saturated heterocycles. The molecule has 1 heterocycles. The lowest BCUT2D eigenvalue weighted by atomic mass is 10.1. The third kappa shape index (κ3) is 3.42. The Balaban J connectivity index is 2.21. The lowest BCUT2D eigenvalue weighted by molar-refractivity contribution is 0.293. The van der Waals surface area contributed by atoms with E-state index in [1.807, 2.05) is 42.9 Å². The van der Waals surface area contributed by atoms with Gasteiger partial charge in [0.05, 0.1) is 17.1 Å². The zero-order chi connectivity index (χ0) is 15.4. The molecule has 2 rings (SSSR count). The lowest BCUT2D eigenvalue weighted by Crippen LogP contribution is -2.06. The highest BCUT2D eigenvalue weighted by Gasteiger charge is 2.10. The van der Waals surface area contributed by atoms with Gasteiger partial charge in [0.2, 0.25) is 0 Å². The highest BCUT2D eigenvalue weighted by atomic mass is 16.5. The molecule has 21 heavy (non-hydrogen) atoms. The van der Waals surface area contributed by atoms with Crippen molar-refractivity contribution in [3.05, 3.63) is 46.8 Å². The quantitative estimate of drug-likeness (QED) is 0.522. The van der Waals surface area contributed by atoms with Crippen LogP contribution in [-0.4, -0.2) is 20.7 Å². The summed E-state index contributed by atoms with van der Waals surface area (Å²) in [5, 5.41) is 16.7. The van der Waals surface area contributed by atoms with Crippen molar-refractivity contribution in [1.29, 1.82) is 0 Å². The van der Waals surface area contributed by atoms with Crippen molar-refractivity contribution in [2.24, 2.45) is 12.2 Å². The Morgan fingerprint density at radius 1 is 1.38 bits per heavy atom. The average Bonchev–Trinajstić information content (AvgIpc) is 2.85. The van der Waals surface area contributed by atoms with Crippen LogP contribution < -0.4 is 4.74 Å². The molecule has 5 heteroatoms. The van der Waals surface area contributed by atoms with Crippen LogP contribution in [0.3, 0.4) is 0 Å². The summed E-state index contributed by atoms with van der Waals surface area (Å²) >= 11 is 0. The molecule has 0 spiro atoms. The first-order valence-electron chi connectivity index (χ1n) is 6.99. The minimum atomic E-state index is 0.429. The summed E-state index contributed by atoms with van der Waals surface area (Å²) in [5.74, 6) is 0.704. The van der Waals surface area contributed by atoms with Crippen molar-refractivity contribution in [3.8, 4) is 5.75 Å². The van der Waals surface area contributed by atoms with Crippen molar-refractivity contribution >= 4 is 5.71 Å². The number of aryl methyl sites for hydroxylation is 3. The van der Waals surface area contributed by atoms with E-state index in [4.69, 9.17) is 9.94 Å². The summed E-state index contributed by atoms with van der Waals surface area (Å²) in [4.78, 5) is 0. The van der Waals surface area contributed by atoms with Gasteiger partial charge in [-0.2, -0.15) is 5.10 Å². The van der Waals surface area contributed by atoms with Crippen LogP contribution in [0.2, 0.25) is 0 Å². The maximum Gasteiger partial charge on any atom is 0.130 e. The van der Waals surface area contributed by atoms with Crippen LogP contribution in [0.4, 0.5) is 0 Å². The Hall–Kier alpha value is -2.30. The largest absolute Gasteiger partial charge is 0.487 e. The van der Waals surface area contributed by atoms with E-state index in [0.29, 0.717) is 18.1 Å². The first-order chi connectivity index (χ1) is 10.0. The Labute approximate surface area is 124 Å². The molecule has 0 bridgehead atoms. The zero-order valence-electron chi connectivity index (χ0n) is 12.9. The Kier molecular flexibility index (Phi) is 4.62. The van der Waals surface area contributed by atoms with Gasteiger partial charge < -0.3 is 9.94 Å². The van der Waals surface area contributed by atoms with E-state index in [-0.39, 0.29) is 0 Å². The SMILES string of the molecule is CCc1cc(COc2ccc(C)cc2C(C)=NO)n(C)n1. The predicted octanol–water partition coefficient (Wildman–Crippen LogP) is 3.07. The molecule has 2 aromatic rings.